The maximum atomic E-state index is 16.6. The van der Waals surface area contributed by atoms with Crippen LogP contribution in [0.4, 0.5) is 14.6 Å². The van der Waals surface area contributed by atoms with Crippen molar-refractivity contribution in [3.63, 3.8) is 0 Å². The lowest BCUT2D eigenvalue weighted by Gasteiger charge is -2.34. The maximum Gasteiger partial charge on any atom is 0.319 e. The highest BCUT2D eigenvalue weighted by atomic mass is 19.1. The first kappa shape index (κ1) is 27.0. The molecule has 0 spiro atoms. The molecule has 1 saturated carbocycles. The summed E-state index contributed by atoms with van der Waals surface area (Å²) >= 11 is 0. The number of halogens is 2. The largest absolute Gasteiger partial charge is 0.508 e. The molecule has 2 aromatic carbocycles. The predicted molar refractivity (Wildman–Crippen MR) is 160 cm³/mol. The van der Waals surface area contributed by atoms with Crippen LogP contribution in [0, 0.1) is 24.6 Å². The van der Waals surface area contributed by atoms with Crippen molar-refractivity contribution >= 4 is 27.5 Å². The number of aryl methyl sites for hydroxylation is 1. The Morgan fingerprint density at radius 2 is 1.98 bits per heavy atom. The molecule has 4 fully saturated rings. The molecule has 2 bridgehead atoms. The van der Waals surface area contributed by atoms with Gasteiger partial charge in [-0.05, 0) is 68.0 Å². The standard InChI is InChI=1S/C33H35F2N5O3/c1-18-3-4-24-20(7-18)10-23(41)11-25(24)29-28(35)30-26(13-36-29)31(39-14-19-8-21(15-39)27(42)9-19)38-32(37-30)43-17-33-5-2-6-40(33)16-22(34)12-33/h3-4,7,10-11,13,19,21-22,27,41-42H,2,5-6,8-9,12,14-17H2,1H3/t19-,21-,22-,27-,33+/m1/s1. The van der Waals surface area contributed by atoms with Crippen LogP contribution >= 0.6 is 0 Å². The van der Waals surface area contributed by atoms with E-state index in [0.717, 1.165) is 48.6 Å². The molecule has 224 valence electrons. The normalized spacial score (nSPS) is 28.7. The van der Waals surface area contributed by atoms with Gasteiger partial charge in [0.1, 0.15) is 35.6 Å². The van der Waals surface area contributed by atoms with Crippen LogP contribution < -0.4 is 9.64 Å². The number of hydrogen-bond donors (Lipinski definition) is 2. The van der Waals surface area contributed by atoms with Gasteiger partial charge in [-0.2, -0.15) is 9.97 Å². The molecule has 1 aliphatic carbocycles. The number of hydrogen-bond acceptors (Lipinski definition) is 8. The summed E-state index contributed by atoms with van der Waals surface area (Å²) in [6, 6.07) is 9.04. The average Bonchev–Trinajstić information content (AvgIpc) is 3.59. The first-order valence-corrected chi connectivity index (χ1v) is 15.3. The van der Waals surface area contributed by atoms with Gasteiger partial charge in [-0.25, -0.2) is 8.78 Å². The van der Waals surface area contributed by atoms with Crippen LogP contribution in [-0.4, -0.2) is 80.7 Å². The molecule has 3 saturated heterocycles. The van der Waals surface area contributed by atoms with E-state index < -0.39 is 17.5 Å². The fraction of sp³-hybridized carbons (Fsp3) is 0.485. The molecule has 0 unspecified atom stereocenters. The molecule has 8 nitrogen and oxygen atoms in total. The smallest absolute Gasteiger partial charge is 0.319 e. The minimum Gasteiger partial charge on any atom is -0.508 e. The van der Waals surface area contributed by atoms with Gasteiger partial charge in [0, 0.05) is 43.7 Å². The summed E-state index contributed by atoms with van der Waals surface area (Å²) in [6.45, 7) is 4.75. The number of phenolic OH excluding ortho intramolecular Hbond substituents is 1. The Balaban J connectivity index is 1.25. The lowest BCUT2D eigenvalue weighted by molar-refractivity contribution is 0.107. The SMILES string of the molecule is Cc1ccc2c(-c3ncc4c(N5C[C@@H]6C[C@H](C5)[C@H](O)C6)nc(OC[C@@]56CCCN5C[C@H](F)C6)nc4c3F)cc(O)cc2c1. The van der Waals surface area contributed by atoms with Gasteiger partial charge in [-0.3, -0.25) is 9.88 Å². The number of benzene rings is 2. The minimum atomic E-state index is -0.890. The number of anilines is 1. The molecule has 2 aromatic heterocycles. The topological polar surface area (TPSA) is 94.8 Å². The molecule has 4 aromatic rings. The Morgan fingerprint density at radius 3 is 2.84 bits per heavy atom. The van der Waals surface area contributed by atoms with Gasteiger partial charge < -0.3 is 19.8 Å². The zero-order chi connectivity index (χ0) is 29.5. The van der Waals surface area contributed by atoms with Crippen LogP contribution in [0.1, 0.15) is 37.7 Å². The van der Waals surface area contributed by atoms with Crippen molar-refractivity contribution in [1.29, 1.82) is 0 Å². The van der Waals surface area contributed by atoms with E-state index in [-0.39, 0.29) is 41.6 Å². The minimum absolute atomic E-state index is 0.0206. The molecular formula is C33H35F2N5O3. The monoisotopic (exact) mass is 587 g/mol. The first-order chi connectivity index (χ1) is 20.8. The number of pyridine rings is 1. The Morgan fingerprint density at radius 1 is 1.09 bits per heavy atom. The van der Waals surface area contributed by atoms with E-state index in [1.54, 1.807) is 12.3 Å². The number of aliphatic hydroxyl groups is 1. The van der Waals surface area contributed by atoms with E-state index in [0.29, 0.717) is 48.7 Å². The lowest BCUT2D eigenvalue weighted by Crippen LogP contribution is -2.43. The number of aromatic hydroxyl groups is 1. The molecule has 5 heterocycles. The van der Waals surface area contributed by atoms with Crippen LogP contribution in [0.15, 0.2) is 36.5 Å². The van der Waals surface area contributed by atoms with E-state index in [9.17, 15) is 14.6 Å². The number of piperidine rings is 1. The number of phenols is 1. The lowest BCUT2D eigenvalue weighted by atomic mass is 9.95. The molecule has 43 heavy (non-hydrogen) atoms. The van der Waals surface area contributed by atoms with E-state index in [4.69, 9.17) is 9.72 Å². The zero-order valence-electron chi connectivity index (χ0n) is 24.1. The Bertz CT molecular complexity index is 1750. The van der Waals surface area contributed by atoms with E-state index >= 15 is 4.39 Å². The highest BCUT2D eigenvalue weighted by Gasteiger charge is 2.49. The molecule has 4 aliphatic rings. The second-order valence-electron chi connectivity index (χ2n) is 13.2. The average molecular weight is 588 g/mol. The number of nitrogens with zero attached hydrogens (tertiary/aromatic N) is 5. The summed E-state index contributed by atoms with van der Waals surface area (Å²) in [5.74, 6) is 0.385. The van der Waals surface area contributed by atoms with Crippen molar-refractivity contribution in [2.24, 2.45) is 11.8 Å². The van der Waals surface area contributed by atoms with Crippen LogP contribution in [0.3, 0.4) is 0 Å². The number of alkyl halides is 1. The summed E-state index contributed by atoms with van der Waals surface area (Å²) in [7, 11) is 0. The number of ether oxygens (including phenoxy) is 1. The summed E-state index contributed by atoms with van der Waals surface area (Å²) in [4.78, 5) is 18.2. The Hall–Kier alpha value is -3.63. The van der Waals surface area contributed by atoms with E-state index in [2.05, 4.69) is 19.8 Å². The second-order valence-corrected chi connectivity index (χ2v) is 13.2. The van der Waals surface area contributed by atoms with E-state index in [1.807, 2.05) is 25.1 Å². The third kappa shape index (κ3) is 4.49. The fourth-order valence-corrected chi connectivity index (χ4v) is 8.24. The van der Waals surface area contributed by atoms with Crippen molar-refractivity contribution in [2.45, 2.75) is 56.8 Å². The molecule has 2 N–H and O–H groups in total. The van der Waals surface area contributed by atoms with Crippen molar-refractivity contribution in [3.05, 3.63) is 47.9 Å². The molecule has 0 amide bonds. The summed E-state index contributed by atoms with van der Waals surface area (Å²) in [5.41, 5.74) is 1.27. The molecule has 0 radical (unpaired) electrons. The first-order valence-electron chi connectivity index (χ1n) is 15.3. The third-order valence-corrected chi connectivity index (χ3v) is 10.2. The summed E-state index contributed by atoms with van der Waals surface area (Å²) in [6.07, 6.45) is 4.31. The number of fused-ring (bicyclic) bond motifs is 5. The van der Waals surface area contributed by atoms with Crippen LogP contribution in [0.2, 0.25) is 0 Å². The van der Waals surface area contributed by atoms with Gasteiger partial charge in [-0.1, -0.05) is 23.8 Å². The molecule has 10 heteroatoms. The molecule has 8 rings (SSSR count). The van der Waals surface area contributed by atoms with Crippen molar-refractivity contribution < 1.29 is 23.7 Å². The van der Waals surface area contributed by atoms with Crippen LogP contribution in [0.5, 0.6) is 11.8 Å². The van der Waals surface area contributed by atoms with Crippen molar-refractivity contribution in [3.8, 4) is 23.0 Å². The van der Waals surface area contributed by atoms with Crippen LogP contribution in [0.25, 0.3) is 32.9 Å². The Kier molecular flexibility index (Phi) is 6.24. The number of aromatic nitrogens is 3. The quantitative estimate of drug-likeness (QED) is 0.331. The maximum absolute atomic E-state index is 16.6. The predicted octanol–water partition coefficient (Wildman–Crippen LogP) is 5.16. The number of rotatable bonds is 5. The van der Waals surface area contributed by atoms with Crippen molar-refractivity contribution in [2.75, 3.05) is 37.7 Å². The van der Waals surface area contributed by atoms with E-state index in [1.165, 1.54) is 6.07 Å². The second kappa shape index (κ2) is 9.95. The van der Waals surface area contributed by atoms with Crippen LogP contribution in [-0.2, 0) is 0 Å². The van der Waals surface area contributed by atoms with Gasteiger partial charge in [0.15, 0.2) is 5.82 Å². The molecule has 3 aliphatic heterocycles. The van der Waals surface area contributed by atoms with Gasteiger partial charge in [0.05, 0.1) is 17.0 Å². The summed E-state index contributed by atoms with van der Waals surface area (Å²) in [5, 5.41) is 23.1. The Labute approximate surface area is 248 Å². The van der Waals surface area contributed by atoms with Gasteiger partial charge in [-0.15, -0.1) is 0 Å². The van der Waals surface area contributed by atoms with Gasteiger partial charge >= 0.3 is 6.01 Å². The highest BCUT2D eigenvalue weighted by molar-refractivity contribution is 6.00. The van der Waals surface area contributed by atoms with Gasteiger partial charge in [0.2, 0.25) is 0 Å². The summed E-state index contributed by atoms with van der Waals surface area (Å²) < 4.78 is 37.3. The third-order valence-electron chi connectivity index (χ3n) is 10.2. The highest BCUT2D eigenvalue weighted by Crippen LogP contribution is 2.43. The number of aliphatic hydroxyl groups excluding tert-OH is 1. The molecule has 5 atom stereocenters. The van der Waals surface area contributed by atoms with Crippen molar-refractivity contribution in [1.82, 2.24) is 19.9 Å². The zero-order valence-corrected chi connectivity index (χ0v) is 24.1. The van der Waals surface area contributed by atoms with Gasteiger partial charge in [0.25, 0.3) is 0 Å². The molecular weight excluding hydrogens is 552 g/mol. The fourth-order valence-electron chi connectivity index (χ4n) is 8.24.